The van der Waals surface area contributed by atoms with Crippen molar-refractivity contribution in [1.29, 1.82) is 0 Å². The molecule has 0 amide bonds. The maximum Gasteiger partial charge on any atom is 0.341 e. The quantitative estimate of drug-likeness (QED) is 0.805. The highest BCUT2D eigenvalue weighted by molar-refractivity contribution is 5.89. The van der Waals surface area contributed by atoms with Gasteiger partial charge in [-0.3, -0.25) is 9.59 Å². The lowest BCUT2D eigenvalue weighted by atomic mass is 10.0. The molecular formula is C19H20FNO6. The number of nitrogens with zero attached hydrogens (tertiary/aromatic N) is 1. The van der Waals surface area contributed by atoms with E-state index in [0.717, 1.165) is 16.7 Å². The zero-order chi connectivity index (χ0) is 20.4. The van der Waals surface area contributed by atoms with E-state index >= 15 is 0 Å². The summed E-state index contributed by atoms with van der Waals surface area (Å²) < 4.78 is 25.0. The number of aromatic carboxylic acids is 1. The van der Waals surface area contributed by atoms with Crippen molar-refractivity contribution in [3.05, 3.63) is 52.2 Å². The Morgan fingerprint density at radius 3 is 2.44 bits per heavy atom. The third kappa shape index (κ3) is 4.93. The third-order valence-corrected chi connectivity index (χ3v) is 3.51. The van der Waals surface area contributed by atoms with Gasteiger partial charge in [0, 0.05) is 17.3 Å². The van der Waals surface area contributed by atoms with Gasteiger partial charge in [-0.1, -0.05) is 0 Å². The number of carboxylic acid groups (broad SMARTS) is 1. The second-order valence-electron chi connectivity index (χ2n) is 6.81. The van der Waals surface area contributed by atoms with E-state index in [1.165, 1.54) is 25.4 Å². The van der Waals surface area contributed by atoms with Crippen LogP contribution in [-0.2, 0) is 16.1 Å². The van der Waals surface area contributed by atoms with Crippen molar-refractivity contribution in [1.82, 2.24) is 4.57 Å². The Hall–Kier alpha value is -3.16. The predicted molar refractivity (Wildman–Crippen MR) is 95.5 cm³/mol. The second-order valence-corrected chi connectivity index (χ2v) is 6.81. The minimum atomic E-state index is -1.46. The Bertz CT molecular complexity index is 942. The molecule has 2 rings (SSSR count). The molecule has 1 aromatic carbocycles. The molecule has 1 N–H and O–H groups in total. The Morgan fingerprint density at radius 2 is 1.89 bits per heavy atom. The highest BCUT2D eigenvalue weighted by Gasteiger charge is 2.21. The molecule has 7 nitrogen and oxygen atoms in total. The largest absolute Gasteiger partial charge is 0.496 e. The lowest BCUT2D eigenvalue weighted by Crippen LogP contribution is -2.32. The zero-order valence-corrected chi connectivity index (χ0v) is 15.4. The van der Waals surface area contributed by atoms with Crippen molar-refractivity contribution in [3.8, 4) is 16.9 Å². The number of halogens is 1. The van der Waals surface area contributed by atoms with Crippen LogP contribution in [0.5, 0.6) is 5.75 Å². The van der Waals surface area contributed by atoms with Crippen LogP contribution < -0.4 is 10.3 Å². The number of pyridine rings is 1. The number of carboxylic acids is 1. The summed E-state index contributed by atoms with van der Waals surface area (Å²) in [4.78, 5) is 35.9. The SMILES string of the molecule is COc1ccc(F)cc1-c1cc(C(=O)O)c(=O)n(CC(=O)OC(C)(C)C)c1. The predicted octanol–water partition coefficient (Wildman–Crippen LogP) is 2.70. The Labute approximate surface area is 155 Å². The number of hydrogen-bond donors (Lipinski definition) is 1. The van der Waals surface area contributed by atoms with Crippen LogP contribution in [0.15, 0.2) is 35.3 Å². The number of carbonyl (C=O) groups excluding carboxylic acids is 1. The zero-order valence-electron chi connectivity index (χ0n) is 15.4. The maximum atomic E-state index is 13.7. The molecule has 144 valence electrons. The maximum absolute atomic E-state index is 13.7. The standard InChI is InChI=1S/C19H20FNO6/c1-19(2,3)27-16(22)10-21-9-11(7-14(17(21)23)18(24)25)13-8-12(20)5-6-15(13)26-4/h5-9H,10H2,1-4H3,(H,24,25). The first-order valence-electron chi connectivity index (χ1n) is 8.05. The number of rotatable bonds is 5. The van der Waals surface area contributed by atoms with E-state index in [4.69, 9.17) is 9.47 Å². The summed E-state index contributed by atoms with van der Waals surface area (Å²) in [5.41, 5.74) is -1.72. The fourth-order valence-corrected chi connectivity index (χ4v) is 2.47. The number of ether oxygens (including phenoxy) is 2. The van der Waals surface area contributed by atoms with E-state index < -0.39 is 41.0 Å². The van der Waals surface area contributed by atoms with Gasteiger partial charge in [-0.15, -0.1) is 0 Å². The Kier molecular flexibility index (Phi) is 5.68. The molecule has 0 saturated heterocycles. The molecule has 8 heteroatoms. The minimum Gasteiger partial charge on any atom is -0.496 e. The van der Waals surface area contributed by atoms with Crippen LogP contribution in [0.4, 0.5) is 4.39 Å². The number of esters is 1. The molecule has 0 aliphatic heterocycles. The molecule has 0 aliphatic rings. The van der Waals surface area contributed by atoms with Gasteiger partial charge in [0.25, 0.3) is 5.56 Å². The van der Waals surface area contributed by atoms with E-state index in [1.807, 2.05) is 0 Å². The van der Waals surface area contributed by atoms with Crippen molar-refractivity contribution in [2.45, 2.75) is 32.9 Å². The highest BCUT2D eigenvalue weighted by atomic mass is 19.1. The fraction of sp³-hybridized carbons (Fsp3) is 0.316. The summed E-state index contributed by atoms with van der Waals surface area (Å²) in [6.45, 7) is 4.53. The van der Waals surface area contributed by atoms with Gasteiger partial charge in [-0.2, -0.15) is 0 Å². The van der Waals surface area contributed by atoms with Crippen LogP contribution in [0.1, 0.15) is 31.1 Å². The van der Waals surface area contributed by atoms with Gasteiger partial charge in [0.05, 0.1) is 7.11 Å². The number of methoxy groups -OCH3 is 1. The van der Waals surface area contributed by atoms with Crippen LogP contribution in [0.2, 0.25) is 0 Å². The molecule has 0 fully saturated rings. The molecule has 0 unspecified atom stereocenters. The van der Waals surface area contributed by atoms with Gasteiger partial charge in [-0.05, 0) is 45.0 Å². The fourth-order valence-electron chi connectivity index (χ4n) is 2.47. The average molecular weight is 377 g/mol. The van der Waals surface area contributed by atoms with E-state index in [0.29, 0.717) is 0 Å². The second kappa shape index (κ2) is 7.61. The Balaban J connectivity index is 2.60. The van der Waals surface area contributed by atoms with Crippen LogP contribution in [0, 0.1) is 5.82 Å². The lowest BCUT2D eigenvalue weighted by molar-refractivity contribution is -0.155. The van der Waals surface area contributed by atoms with Crippen LogP contribution in [0.3, 0.4) is 0 Å². The van der Waals surface area contributed by atoms with Gasteiger partial charge in [-0.25, -0.2) is 9.18 Å². The summed E-state index contributed by atoms with van der Waals surface area (Å²) in [5.74, 6) is -2.44. The number of hydrogen-bond acceptors (Lipinski definition) is 5. The van der Waals surface area contributed by atoms with Crippen LogP contribution in [0.25, 0.3) is 11.1 Å². The van der Waals surface area contributed by atoms with Gasteiger partial charge in [0.2, 0.25) is 0 Å². The average Bonchev–Trinajstić information content (AvgIpc) is 2.54. The van der Waals surface area contributed by atoms with Gasteiger partial charge >= 0.3 is 11.9 Å². The first-order chi connectivity index (χ1) is 12.5. The molecule has 1 heterocycles. The molecule has 0 radical (unpaired) electrons. The number of benzene rings is 1. The topological polar surface area (TPSA) is 94.8 Å². The van der Waals surface area contributed by atoms with Crippen molar-refractivity contribution < 1.29 is 28.6 Å². The molecule has 27 heavy (non-hydrogen) atoms. The normalized spacial score (nSPS) is 11.1. The summed E-state index contributed by atoms with van der Waals surface area (Å²) in [5, 5.41) is 9.33. The molecular weight excluding hydrogens is 357 g/mol. The van der Waals surface area contributed by atoms with Crippen molar-refractivity contribution >= 4 is 11.9 Å². The van der Waals surface area contributed by atoms with Gasteiger partial charge in [0.15, 0.2) is 0 Å². The van der Waals surface area contributed by atoms with E-state index in [-0.39, 0.29) is 16.9 Å². The molecule has 2 aromatic rings. The lowest BCUT2D eigenvalue weighted by Gasteiger charge is -2.20. The first kappa shape index (κ1) is 20.2. The monoisotopic (exact) mass is 377 g/mol. The van der Waals surface area contributed by atoms with E-state index in [1.54, 1.807) is 20.8 Å². The molecule has 0 spiro atoms. The summed E-state index contributed by atoms with van der Waals surface area (Å²) in [6, 6.07) is 4.85. The van der Waals surface area contributed by atoms with Crippen LogP contribution >= 0.6 is 0 Å². The third-order valence-electron chi connectivity index (χ3n) is 3.51. The van der Waals surface area contributed by atoms with Crippen molar-refractivity contribution in [3.63, 3.8) is 0 Å². The van der Waals surface area contributed by atoms with Crippen molar-refractivity contribution in [2.75, 3.05) is 7.11 Å². The van der Waals surface area contributed by atoms with E-state index in [2.05, 4.69) is 0 Å². The van der Waals surface area contributed by atoms with Gasteiger partial charge in [0.1, 0.15) is 29.3 Å². The molecule has 0 bridgehead atoms. The molecule has 0 aliphatic carbocycles. The molecule has 0 atom stereocenters. The smallest absolute Gasteiger partial charge is 0.341 e. The molecule has 0 saturated carbocycles. The van der Waals surface area contributed by atoms with Crippen LogP contribution in [-0.4, -0.2) is 34.3 Å². The first-order valence-corrected chi connectivity index (χ1v) is 8.05. The van der Waals surface area contributed by atoms with Gasteiger partial charge < -0.3 is 19.1 Å². The highest BCUT2D eigenvalue weighted by Crippen LogP contribution is 2.30. The number of aromatic nitrogens is 1. The van der Waals surface area contributed by atoms with Crippen molar-refractivity contribution in [2.24, 2.45) is 0 Å². The summed E-state index contributed by atoms with van der Waals surface area (Å²) in [7, 11) is 1.38. The summed E-state index contributed by atoms with van der Waals surface area (Å²) in [6.07, 6.45) is 1.27. The summed E-state index contributed by atoms with van der Waals surface area (Å²) >= 11 is 0. The molecule has 1 aromatic heterocycles. The number of carbonyl (C=O) groups is 2. The Morgan fingerprint density at radius 1 is 1.22 bits per heavy atom. The van der Waals surface area contributed by atoms with E-state index in [9.17, 15) is 23.9 Å². The minimum absolute atomic E-state index is 0.215.